The monoisotopic (exact) mass is 435 g/mol. The van der Waals surface area contributed by atoms with Gasteiger partial charge in [-0.15, -0.1) is 11.3 Å². The molecule has 0 saturated carbocycles. The average Bonchev–Trinajstić information content (AvgIpc) is 3.14. The second-order valence-electron chi connectivity index (χ2n) is 6.44. The van der Waals surface area contributed by atoms with Crippen LogP contribution >= 0.6 is 11.3 Å². The lowest BCUT2D eigenvalue weighted by Crippen LogP contribution is -2.27. The number of para-hydroxylation sites is 1. The predicted molar refractivity (Wildman–Crippen MR) is 110 cm³/mol. The lowest BCUT2D eigenvalue weighted by Gasteiger charge is -2.09. The molecular formula is C21H20F3N3O2S. The molecule has 0 atom stereocenters. The van der Waals surface area contributed by atoms with Gasteiger partial charge in [0, 0.05) is 17.6 Å². The maximum Gasteiger partial charge on any atom is 0.416 e. The normalized spacial score (nSPS) is 11.2. The van der Waals surface area contributed by atoms with E-state index in [1.54, 1.807) is 12.5 Å². The molecule has 5 nitrogen and oxygen atoms in total. The van der Waals surface area contributed by atoms with E-state index in [4.69, 9.17) is 4.74 Å². The molecule has 0 saturated heterocycles. The standard InChI is InChI=1S/C21H20F3N3O2S/c1-29-18-8-3-2-5-14(18)9-10-25-19(28)12-17-13-30-20(27-17)26-16-7-4-6-15(11-16)21(22,23)24/h2-8,11,13H,9-10,12H2,1H3,(H,25,28)(H,26,27). The highest BCUT2D eigenvalue weighted by Crippen LogP contribution is 2.31. The lowest BCUT2D eigenvalue weighted by molar-refractivity contribution is -0.137. The van der Waals surface area contributed by atoms with E-state index in [1.807, 2.05) is 24.3 Å². The van der Waals surface area contributed by atoms with Crippen molar-refractivity contribution in [3.8, 4) is 5.75 Å². The second kappa shape index (κ2) is 9.62. The molecule has 9 heteroatoms. The summed E-state index contributed by atoms with van der Waals surface area (Å²) in [6.45, 7) is 0.457. The molecule has 0 bridgehead atoms. The van der Waals surface area contributed by atoms with E-state index in [9.17, 15) is 18.0 Å². The van der Waals surface area contributed by atoms with Gasteiger partial charge in [0.2, 0.25) is 5.91 Å². The van der Waals surface area contributed by atoms with Gasteiger partial charge in [-0.05, 0) is 36.2 Å². The van der Waals surface area contributed by atoms with Crippen LogP contribution in [0.5, 0.6) is 5.75 Å². The second-order valence-corrected chi connectivity index (χ2v) is 7.29. The molecule has 30 heavy (non-hydrogen) atoms. The molecule has 1 heterocycles. The van der Waals surface area contributed by atoms with Gasteiger partial charge in [-0.2, -0.15) is 13.2 Å². The van der Waals surface area contributed by atoms with Gasteiger partial charge in [0.05, 0.1) is 24.8 Å². The van der Waals surface area contributed by atoms with E-state index in [-0.39, 0.29) is 18.0 Å². The molecule has 0 spiro atoms. The van der Waals surface area contributed by atoms with Crippen molar-refractivity contribution in [1.82, 2.24) is 10.3 Å². The number of methoxy groups -OCH3 is 1. The topological polar surface area (TPSA) is 63.2 Å². The Morgan fingerprint density at radius 2 is 1.97 bits per heavy atom. The summed E-state index contributed by atoms with van der Waals surface area (Å²) in [6, 6.07) is 12.5. The Balaban J connectivity index is 1.51. The van der Waals surface area contributed by atoms with E-state index in [0.717, 1.165) is 23.4 Å². The number of hydrogen-bond donors (Lipinski definition) is 2. The fourth-order valence-corrected chi connectivity index (χ4v) is 3.55. The Kier molecular flexibility index (Phi) is 6.94. The molecule has 0 aliphatic carbocycles. The Bertz CT molecular complexity index is 1000. The molecule has 0 fully saturated rings. The summed E-state index contributed by atoms with van der Waals surface area (Å²) in [4.78, 5) is 16.4. The van der Waals surface area contributed by atoms with Crippen LogP contribution in [0.15, 0.2) is 53.9 Å². The highest BCUT2D eigenvalue weighted by molar-refractivity contribution is 7.13. The van der Waals surface area contributed by atoms with Crippen LogP contribution in [0, 0.1) is 0 Å². The van der Waals surface area contributed by atoms with Crippen LogP contribution in [-0.4, -0.2) is 24.5 Å². The van der Waals surface area contributed by atoms with Crippen molar-refractivity contribution in [3.05, 3.63) is 70.7 Å². The average molecular weight is 435 g/mol. The molecule has 2 aromatic carbocycles. The summed E-state index contributed by atoms with van der Waals surface area (Å²) in [5.74, 6) is 0.595. The first kappa shape index (κ1) is 21.6. The zero-order valence-electron chi connectivity index (χ0n) is 16.1. The van der Waals surface area contributed by atoms with Crippen molar-refractivity contribution in [1.29, 1.82) is 0 Å². The van der Waals surface area contributed by atoms with Crippen LogP contribution in [0.1, 0.15) is 16.8 Å². The third kappa shape index (κ3) is 5.96. The van der Waals surface area contributed by atoms with Crippen LogP contribution < -0.4 is 15.4 Å². The summed E-state index contributed by atoms with van der Waals surface area (Å²) in [5.41, 5.74) is 1.09. The first-order valence-electron chi connectivity index (χ1n) is 9.12. The zero-order chi connectivity index (χ0) is 21.6. The number of alkyl halides is 3. The Hall–Kier alpha value is -3.07. The van der Waals surface area contributed by atoms with Crippen LogP contribution in [0.2, 0.25) is 0 Å². The van der Waals surface area contributed by atoms with Crippen LogP contribution in [0.25, 0.3) is 0 Å². The number of hydrogen-bond acceptors (Lipinski definition) is 5. The zero-order valence-corrected chi connectivity index (χ0v) is 16.9. The minimum Gasteiger partial charge on any atom is -0.496 e. The van der Waals surface area contributed by atoms with Gasteiger partial charge < -0.3 is 15.4 Å². The Morgan fingerprint density at radius 3 is 2.73 bits per heavy atom. The highest BCUT2D eigenvalue weighted by Gasteiger charge is 2.30. The van der Waals surface area contributed by atoms with Crippen molar-refractivity contribution in [2.24, 2.45) is 0 Å². The van der Waals surface area contributed by atoms with E-state index in [0.29, 0.717) is 23.8 Å². The summed E-state index contributed by atoms with van der Waals surface area (Å²) in [5, 5.41) is 7.81. The molecule has 2 N–H and O–H groups in total. The number of benzene rings is 2. The summed E-state index contributed by atoms with van der Waals surface area (Å²) in [7, 11) is 1.60. The Morgan fingerprint density at radius 1 is 1.17 bits per heavy atom. The first-order valence-corrected chi connectivity index (χ1v) is 10.0. The van der Waals surface area contributed by atoms with Gasteiger partial charge in [-0.1, -0.05) is 24.3 Å². The number of ether oxygens (including phenoxy) is 1. The number of carbonyl (C=O) groups excluding carboxylic acids is 1. The molecule has 158 valence electrons. The van der Waals surface area contributed by atoms with Crippen LogP contribution in [-0.2, 0) is 23.8 Å². The van der Waals surface area contributed by atoms with Gasteiger partial charge in [0.1, 0.15) is 5.75 Å². The lowest BCUT2D eigenvalue weighted by atomic mass is 10.1. The third-order valence-corrected chi connectivity index (χ3v) is 5.05. The van der Waals surface area contributed by atoms with Crippen molar-refractivity contribution < 1.29 is 22.7 Å². The van der Waals surface area contributed by atoms with Gasteiger partial charge >= 0.3 is 6.18 Å². The number of carbonyl (C=O) groups is 1. The SMILES string of the molecule is COc1ccccc1CCNC(=O)Cc1csc(Nc2cccc(C(F)(F)F)c2)n1. The van der Waals surface area contributed by atoms with Crippen molar-refractivity contribution in [3.63, 3.8) is 0 Å². The largest absolute Gasteiger partial charge is 0.496 e. The smallest absolute Gasteiger partial charge is 0.416 e. The fourth-order valence-electron chi connectivity index (χ4n) is 2.82. The molecule has 0 aliphatic heterocycles. The Labute approximate surface area is 175 Å². The van der Waals surface area contributed by atoms with E-state index in [1.165, 1.54) is 23.5 Å². The van der Waals surface area contributed by atoms with Crippen LogP contribution in [0.3, 0.4) is 0 Å². The van der Waals surface area contributed by atoms with E-state index < -0.39 is 11.7 Å². The molecular weight excluding hydrogens is 415 g/mol. The van der Waals surface area contributed by atoms with Gasteiger partial charge in [-0.25, -0.2) is 4.98 Å². The maximum atomic E-state index is 12.8. The molecule has 3 rings (SSSR count). The molecule has 0 aliphatic rings. The number of anilines is 2. The van der Waals surface area contributed by atoms with E-state index >= 15 is 0 Å². The molecule has 1 amide bonds. The third-order valence-electron chi connectivity index (χ3n) is 4.24. The molecule has 3 aromatic rings. The van der Waals surface area contributed by atoms with Gasteiger partial charge in [0.15, 0.2) is 5.13 Å². The maximum absolute atomic E-state index is 12.8. The minimum atomic E-state index is -4.41. The van der Waals surface area contributed by atoms with Gasteiger partial charge in [-0.3, -0.25) is 4.79 Å². The predicted octanol–water partition coefficient (Wildman–Crippen LogP) is 4.82. The van der Waals surface area contributed by atoms with Crippen molar-refractivity contribution >= 4 is 28.1 Å². The number of amides is 1. The quantitative estimate of drug-likeness (QED) is 0.533. The van der Waals surface area contributed by atoms with Crippen LogP contribution in [0.4, 0.5) is 24.0 Å². The number of aromatic nitrogens is 1. The summed E-state index contributed by atoms with van der Waals surface area (Å²) < 4.78 is 43.7. The number of nitrogens with one attached hydrogen (secondary N) is 2. The summed E-state index contributed by atoms with van der Waals surface area (Å²) in [6.07, 6.45) is -3.69. The number of thiazole rings is 1. The minimum absolute atomic E-state index is 0.0900. The summed E-state index contributed by atoms with van der Waals surface area (Å²) >= 11 is 1.23. The number of rotatable bonds is 8. The fraction of sp³-hybridized carbons (Fsp3) is 0.238. The van der Waals surface area contributed by atoms with E-state index in [2.05, 4.69) is 15.6 Å². The first-order chi connectivity index (χ1) is 14.3. The number of nitrogens with zero attached hydrogens (tertiary/aromatic N) is 1. The molecule has 0 radical (unpaired) electrons. The highest BCUT2D eigenvalue weighted by atomic mass is 32.1. The molecule has 1 aromatic heterocycles. The van der Waals surface area contributed by atoms with Crippen molar-refractivity contribution in [2.45, 2.75) is 19.0 Å². The van der Waals surface area contributed by atoms with Gasteiger partial charge in [0.25, 0.3) is 0 Å². The molecule has 0 unspecified atom stereocenters. The van der Waals surface area contributed by atoms with Crippen molar-refractivity contribution in [2.75, 3.05) is 19.0 Å². The number of halogens is 3.